The first-order valence-electron chi connectivity index (χ1n) is 7.50. The van der Waals surface area contributed by atoms with Crippen LogP contribution in [0.1, 0.15) is 39.7 Å². The number of thiophene rings is 1. The van der Waals surface area contributed by atoms with Gasteiger partial charge in [-0.3, -0.25) is 9.59 Å². The zero-order valence-electron chi connectivity index (χ0n) is 14.2. The Morgan fingerprint density at radius 3 is 2.58 bits per heavy atom. The number of hydrogen-bond acceptors (Lipinski definition) is 4. The van der Waals surface area contributed by atoms with Crippen LogP contribution in [0.5, 0.6) is 5.75 Å². The van der Waals surface area contributed by atoms with E-state index in [2.05, 4.69) is 5.32 Å². The fraction of sp³-hybridized carbons (Fsp3) is 0.333. The van der Waals surface area contributed by atoms with Crippen LogP contribution in [0.25, 0.3) is 0 Å². The summed E-state index contributed by atoms with van der Waals surface area (Å²) in [7, 11) is 1.55. The van der Waals surface area contributed by atoms with Crippen molar-refractivity contribution >= 4 is 23.2 Å². The van der Waals surface area contributed by atoms with Crippen molar-refractivity contribution in [1.29, 1.82) is 0 Å². The molecule has 1 aromatic heterocycles. The maximum Gasteiger partial charge on any atom is 0.306 e. The van der Waals surface area contributed by atoms with Gasteiger partial charge < -0.3 is 15.2 Å². The van der Waals surface area contributed by atoms with E-state index in [9.17, 15) is 14.7 Å². The molecule has 5 nitrogen and oxygen atoms in total. The molecule has 0 saturated carbocycles. The summed E-state index contributed by atoms with van der Waals surface area (Å²) in [5.41, 5.74) is 1.14. The summed E-state index contributed by atoms with van der Waals surface area (Å²) < 4.78 is 5.21. The zero-order valence-corrected chi connectivity index (χ0v) is 15.0. The Hall–Kier alpha value is -2.34. The third-order valence-electron chi connectivity index (χ3n) is 4.13. The Labute approximate surface area is 145 Å². The molecule has 1 amide bonds. The van der Waals surface area contributed by atoms with E-state index in [1.54, 1.807) is 43.7 Å². The second-order valence-electron chi connectivity index (χ2n) is 5.92. The zero-order chi connectivity index (χ0) is 17.9. The smallest absolute Gasteiger partial charge is 0.306 e. The molecule has 128 valence electrons. The first-order valence-corrected chi connectivity index (χ1v) is 8.38. The van der Waals surface area contributed by atoms with Gasteiger partial charge in [-0.2, -0.15) is 0 Å². The normalized spacial score (nSPS) is 13.2. The first-order chi connectivity index (χ1) is 11.3. The number of carboxylic acids is 1. The molecular formula is C18H21NO4S. The third kappa shape index (κ3) is 3.76. The Morgan fingerprint density at radius 2 is 2.04 bits per heavy atom. The number of methoxy groups -OCH3 is 1. The molecule has 0 aliphatic rings. The minimum Gasteiger partial charge on any atom is -0.497 e. The highest BCUT2D eigenvalue weighted by Crippen LogP contribution is 2.29. The molecule has 0 spiro atoms. The van der Waals surface area contributed by atoms with Crippen molar-refractivity contribution in [3.8, 4) is 5.75 Å². The number of aryl methyl sites for hydroxylation is 1. The molecular weight excluding hydrogens is 326 g/mol. The van der Waals surface area contributed by atoms with Crippen molar-refractivity contribution in [2.75, 3.05) is 7.11 Å². The molecule has 0 saturated heterocycles. The summed E-state index contributed by atoms with van der Waals surface area (Å²) >= 11 is 1.50. The van der Waals surface area contributed by atoms with Crippen molar-refractivity contribution < 1.29 is 19.4 Å². The summed E-state index contributed by atoms with van der Waals surface area (Å²) in [5, 5.41) is 14.0. The molecule has 2 aromatic rings. The van der Waals surface area contributed by atoms with Crippen LogP contribution in [0.3, 0.4) is 0 Å². The monoisotopic (exact) mass is 347 g/mol. The summed E-state index contributed by atoms with van der Waals surface area (Å²) in [4.78, 5) is 25.1. The number of carbonyl (C=O) groups excluding carboxylic acids is 1. The van der Waals surface area contributed by atoms with Gasteiger partial charge in [-0.25, -0.2) is 0 Å². The quantitative estimate of drug-likeness (QED) is 0.839. The first kappa shape index (κ1) is 18.0. The number of carbonyl (C=O) groups is 2. The van der Waals surface area contributed by atoms with Gasteiger partial charge in [-0.1, -0.05) is 12.1 Å². The van der Waals surface area contributed by atoms with Gasteiger partial charge in [0, 0.05) is 10.3 Å². The maximum absolute atomic E-state index is 12.7. The van der Waals surface area contributed by atoms with E-state index < -0.39 is 11.5 Å². The van der Waals surface area contributed by atoms with Gasteiger partial charge in [-0.05, 0) is 44.0 Å². The standard InChI is InChI=1S/C18H21NO4S/c1-11-12(2)24-10-15(11)17(22)19-18(3,9-16(20)21)13-6-5-7-14(8-13)23-4/h5-8,10H,9H2,1-4H3,(H,19,22)(H,20,21). The third-order valence-corrected chi connectivity index (χ3v) is 5.14. The van der Waals surface area contributed by atoms with Gasteiger partial charge >= 0.3 is 5.97 Å². The van der Waals surface area contributed by atoms with E-state index in [1.807, 2.05) is 13.8 Å². The van der Waals surface area contributed by atoms with Gasteiger partial charge in [0.15, 0.2) is 0 Å². The largest absolute Gasteiger partial charge is 0.497 e. The van der Waals surface area contributed by atoms with Crippen LogP contribution in [0.15, 0.2) is 29.6 Å². The Bertz CT molecular complexity index is 768. The Kier molecular flexibility index (Phi) is 5.29. The minimum absolute atomic E-state index is 0.228. The molecule has 2 rings (SSSR count). The molecule has 1 unspecified atom stereocenters. The molecule has 0 aliphatic heterocycles. The molecule has 0 bridgehead atoms. The lowest BCUT2D eigenvalue weighted by atomic mass is 9.88. The number of ether oxygens (including phenoxy) is 1. The van der Waals surface area contributed by atoms with E-state index in [0.29, 0.717) is 16.9 Å². The molecule has 1 atom stereocenters. The summed E-state index contributed by atoms with van der Waals surface area (Å²) in [5.74, 6) is -0.650. The fourth-order valence-electron chi connectivity index (χ4n) is 2.54. The number of aliphatic carboxylic acids is 1. The summed E-state index contributed by atoms with van der Waals surface area (Å²) in [6, 6.07) is 7.09. The van der Waals surface area contributed by atoms with Gasteiger partial charge in [0.05, 0.1) is 24.6 Å². The number of rotatable bonds is 6. The number of benzene rings is 1. The van der Waals surface area contributed by atoms with Crippen molar-refractivity contribution in [1.82, 2.24) is 5.32 Å². The van der Waals surface area contributed by atoms with Gasteiger partial charge in [-0.15, -0.1) is 11.3 Å². The van der Waals surface area contributed by atoms with Gasteiger partial charge in [0.1, 0.15) is 5.75 Å². The van der Waals surface area contributed by atoms with Crippen molar-refractivity contribution in [2.45, 2.75) is 32.7 Å². The predicted octanol–water partition coefficient (Wildman–Crippen LogP) is 3.49. The SMILES string of the molecule is COc1cccc(C(C)(CC(=O)O)NC(=O)c2csc(C)c2C)c1. The van der Waals surface area contributed by atoms with Crippen LogP contribution >= 0.6 is 11.3 Å². The van der Waals surface area contributed by atoms with Crippen molar-refractivity contribution in [2.24, 2.45) is 0 Å². The second-order valence-corrected chi connectivity index (χ2v) is 7.00. The second kappa shape index (κ2) is 7.05. The fourth-order valence-corrected chi connectivity index (χ4v) is 3.41. The lowest BCUT2D eigenvalue weighted by Gasteiger charge is -2.30. The lowest BCUT2D eigenvalue weighted by molar-refractivity contribution is -0.138. The van der Waals surface area contributed by atoms with E-state index in [0.717, 1.165) is 10.4 Å². The van der Waals surface area contributed by atoms with Gasteiger partial charge in [0.2, 0.25) is 0 Å². The summed E-state index contributed by atoms with van der Waals surface area (Å²) in [6.45, 7) is 5.55. The lowest BCUT2D eigenvalue weighted by Crippen LogP contribution is -2.45. The highest BCUT2D eigenvalue weighted by Gasteiger charge is 2.32. The molecule has 0 radical (unpaired) electrons. The van der Waals surface area contributed by atoms with Crippen LogP contribution in [-0.2, 0) is 10.3 Å². The molecule has 6 heteroatoms. The van der Waals surface area contributed by atoms with Crippen molar-refractivity contribution in [3.63, 3.8) is 0 Å². The Balaban J connectivity index is 2.38. The van der Waals surface area contributed by atoms with Crippen molar-refractivity contribution in [3.05, 3.63) is 51.2 Å². The predicted molar refractivity (Wildman–Crippen MR) is 93.9 cm³/mol. The van der Waals surface area contributed by atoms with Crippen LogP contribution < -0.4 is 10.1 Å². The maximum atomic E-state index is 12.7. The molecule has 0 aliphatic carbocycles. The highest BCUT2D eigenvalue weighted by molar-refractivity contribution is 7.10. The van der Waals surface area contributed by atoms with Gasteiger partial charge in [0.25, 0.3) is 5.91 Å². The van der Waals surface area contributed by atoms with E-state index in [4.69, 9.17) is 4.74 Å². The van der Waals surface area contributed by atoms with Crippen LogP contribution in [0.2, 0.25) is 0 Å². The van der Waals surface area contributed by atoms with Crippen LogP contribution in [0, 0.1) is 13.8 Å². The topological polar surface area (TPSA) is 75.6 Å². The van der Waals surface area contributed by atoms with Crippen LogP contribution in [0.4, 0.5) is 0 Å². The molecule has 2 N–H and O–H groups in total. The molecule has 24 heavy (non-hydrogen) atoms. The number of hydrogen-bond donors (Lipinski definition) is 2. The summed E-state index contributed by atoms with van der Waals surface area (Å²) in [6.07, 6.45) is -0.228. The highest BCUT2D eigenvalue weighted by atomic mass is 32.1. The van der Waals surface area contributed by atoms with Crippen LogP contribution in [-0.4, -0.2) is 24.1 Å². The van der Waals surface area contributed by atoms with E-state index >= 15 is 0 Å². The van der Waals surface area contributed by atoms with E-state index in [-0.39, 0.29) is 12.3 Å². The molecule has 1 heterocycles. The number of nitrogens with one attached hydrogen (secondary N) is 1. The average Bonchev–Trinajstić information content (AvgIpc) is 2.86. The molecule has 1 aromatic carbocycles. The van der Waals surface area contributed by atoms with E-state index in [1.165, 1.54) is 11.3 Å². The average molecular weight is 347 g/mol. The Morgan fingerprint density at radius 1 is 1.33 bits per heavy atom. The number of carboxylic acid groups (broad SMARTS) is 1. The minimum atomic E-state index is -1.04. The number of amides is 1. The molecule has 0 fully saturated rings.